The first-order valence-corrected chi connectivity index (χ1v) is 7.95. The second-order valence-corrected chi connectivity index (χ2v) is 5.93. The zero-order chi connectivity index (χ0) is 16.5. The van der Waals surface area contributed by atoms with Gasteiger partial charge in [-0.3, -0.25) is 4.79 Å². The van der Waals surface area contributed by atoms with Crippen molar-refractivity contribution in [2.24, 2.45) is 5.73 Å². The van der Waals surface area contributed by atoms with Crippen LogP contribution in [0.4, 0.5) is 0 Å². The van der Waals surface area contributed by atoms with Crippen LogP contribution in [-0.2, 0) is 11.3 Å². The van der Waals surface area contributed by atoms with E-state index in [1.807, 2.05) is 33.2 Å². The number of ether oxygens (including phenoxy) is 2. The maximum absolute atomic E-state index is 10.9. The minimum Gasteiger partial charge on any atom is -0.490 e. The van der Waals surface area contributed by atoms with Gasteiger partial charge in [0.25, 0.3) is 5.91 Å². The highest BCUT2D eigenvalue weighted by Gasteiger charge is 2.13. The molecule has 1 aromatic carbocycles. The molecule has 124 valence electrons. The lowest BCUT2D eigenvalue weighted by Crippen LogP contribution is -2.26. The van der Waals surface area contributed by atoms with Crippen molar-refractivity contribution in [1.29, 1.82) is 0 Å². The molecule has 0 aliphatic carbocycles. The molecule has 0 radical (unpaired) electrons. The molecule has 0 aromatic heterocycles. The minimum atomic E-state index is -0.524. The summed E-state index contributed by atoms with van der Waals surface area (Å²) in [7, 11) is 4.08. The Morgan fingerprint density at radius 2 is 2.09 bits per heavy atom. The fourth-order valence-corrected chi connectivity index (χ4v) is 2.41. The van der Waals surface area contributed by atoms with Gasteiger partial charge in [0.15, 0.2) is 18.1 Å². The van der Waals surface area contributed by atoms with Crippen molar-refractivity contribution in [2.75, 3.05) is 40.4 Å². The summed E-state index contributed by atoms with van der Waals surface area (Å²) in [4.78, 5) is 13.0. The lowest BCUT2D eigenvalue weighted by atomic mass is 10.2. The lowest BCUT2D eigenvalue weighted by molar-refractivity contribution is -0.119. The largest absolute Gasteiger partial charge is 0.490 e. The van der Waals surface area contributed by atoms with E-state index in [0.29, 0.717) is 18.1 Å². The van der Waals surface area contributed by atoms with Crippen LogP contribution >= 0.6 is 15.9 Å². The van der Waals surface area contributed by atoms with Crippen molar-refractivity contribution in [3.8, 4) is 11.5 Å². The number of amides is 1. The van der Waals surface area contributed by atoms with Crippen LogP contribution in [0.25, 0.3) is 0 Å². The van der Waals surface area contributed by atoms with Crippen LogP contribution < -0.4 is 20.5 Å². The number of carbonyl (C=O) groups is 1. The molecular weight excluding hydrogens is 350 g/mol. The summed E-state index contributed by atoms with van der Waals surface area (Å²) >= 11 is 3.46. The highest BCUT2D eigenvalue weighted by atomic mass is 79.9. The molecule has 0 fully saturated rings. The number of benzene rings is 1. The van der Waals surface area contributed by atoms with E-state index in [1.54, 1.807) is 0 Å². The van der Waals surface area contributed by atoms with E-state index in [0.717, 1.165) is 29.7 Å². The molecule has 7 heteroatoms. The average molecular weight is 374 g/mol. The van der Waals surface area contributed by atoms with Gasteiger partial charge in [0.2, 0.25) is 0 Å². The monoisotopic (exact) mass is 373 g/mol. The van der Waals surface area contributed by atoms with Gasteiger partial charge in [0.1, 0.15) is 0 Å². The summed E-state index contributed by atoms with van der Waals surface area (Å²) < 4.78 is 11.8. The normalized spacial score (nSPS) is 10.8. The van der Waals surface area contributed by atoms with Crippen molar-refractivity contribution >= 4 is 21.8 Å². The molecular formula is C15H24BrN3O3. The quantitative estimate of drug-likeness (QED) is 0.605. The zero-order valence-corrected chi connectivity index (χ0v) is 14.9. The summed E-state index contributed by atoms with van der Waals surface area (Å²) in [5.41, 5.74) is 6.19. The number of nitrogens with one attached hydrogen (secondary N) is 1. The molecule has 0 unspecified atom stereocenters. The summed E-state index contributed by atoms with van der Waals surface area (Å²) in [6.45, 7) is 4.82. The number of nitrogens with zero attached hydrogens (tertiary/aromatic N) is 1. The summed E-state index contributed by atoms with van der Waals surface area (Å²) in [5.74, 6) is 0.573. The molecule has 0 bridgehead atoms. The van der Waals surface area contributed by atoms with E-state index in [-0.39, 0.29) is 6.61 Å². The molecule has 0 heterocycles. The molecule has 22 heavy (non-hydrogen) atoms. The Labute approximate surface area is 140 Å². The lowest BCUT2D eigenvalue weighted by Gasteiger charge is -2.15. The van der Waals surface area contributed by atoms with E-state index in [9.17, 15) is 4.79 Å². The number of nitrogens with two attached hydrogens (primary N) is 1. The number of hydrogen-bond acceptors (Lipinski definition) is 5. The van der Waals surface area contributed by atoms with Crippen LogP contribution in [0.15, 0.2) is 16.6 Å². The molecule has 0 atom stereocenters. The Kier molecular flexibility index (Phi) is 8.22. The van der Waals surface area contributed by atoms with Crippen LogP contribution in [0.5, 0.6) is 11.5 Å². The number of carbonyl (C=O) groups excluding carboxylic acids is 1. The van der Waals surface area contributed by atoms with Crippen LogP contribution in [0.3, 0.4) is 0 Å². The van der Waals surface area contributed by atoms with Gasteiger partial charge < -0.3 is 25.4 Å². The highest BCUT2D eigenvalue weighted by Crippen LogP contribution is 2.36. The van der Waals surface area contributed by atoms with E-state index in [2.05, 4.69) is 26.1 Å². The van der Waals surface area contributed by atoms with Gasteiger partial charge in [-0.15, -0.1) is 0 Å². The number of hydrogen-bond donors (Lipinski definition) is 2. The Morgan fingerprint density at radius 1 is 1.36 bits per heavy atom. The second-order valence-electron chi connectivity index (χ2n) is 5.07. The third-order valence-electron chi connectivity index (χ3n) is 2.79. The smallest absolute Gasteiger partial charge is 0.255 e. The average Bonchev–Trinajstić information content (AvgIpc) is 2.42. The SMILES string of the molecule is CCOc1cc(CNCCN(C)C)cc(Br)c1OCC(N)=O. The number of likely N-dealkylation sites (N-methyl/N-ethyl adjacent to an activating group) is 1. The summed E-state index contributed by atoms with van der Waals surface area (Å²) in [6.07, 6.45) is 0. The van der Waals surface area contributed by atoms with E-state index in [1.165, 1.54) is 0 Å². The maximum Gasteiger partial charge on any atom is 0.255 e. The maximum atomic E-state index is 10.9. The van der Waals surface area contributed by atoms with Crippen molar-refractivity contribution in [1.82, 2.24) is 10.2 Å². The molecule has 0 spiro atoms. The fourth-order valence-electron chi connectivity index (χ4n) is 1.81. The fraction of sp³-hybridized carbons (Fsp3) is 0.533. The minimum absolute atomic E-state index is 0.181. The Hall–Kier alpha value is -1.31. The van der Waals surface area contributed by atoms with Gasteiger partial charge in [0, 0.05) is 19.6 Å². The van der Waals surface area contributed by atoms with Crippen LogP contribution in [-0.4, -0.2) is 51.2 Å². The first-order chi connectivity index (χ1) is 10.4. The van der Waals surface area contributed by atoms with Crippen molar-refractivity contribution in [3.63, 3.8) is 0 Å². The first-order valence-electron chi connectivity index (χ1n) is 7.15. The van der Waals surface area contributed by atoms with Crippen LogP contribution in [0, 0.1) is 0 Å². The van der Waals surface area contributed by atoms with Crippen molar-refractivity contribution in [3.05, 3.63) is 22.2 Å². The first kappa shape index (κ1) is 18.7. The summed E-state index contributed by atoms with van der Waals surface area (Å²) in [5, 5.41) is 3.37. The Bertz CT molecular complexity index is 495. The van der Waals surface area contributed by atoms with Gasteiger partial charge in [-0.2, -0.15) is 0 Å². The van der Waals surface area contributed by atoms with Gasteiger partial charge in [-0.1, -0.05) is 0 Å². The topological polar surface area (TPSA) is 76.8 Å². The molecule has 0 saturated carbocycles. The zero-order valence-electron chi connectivity index (χ0n) is 13.3. The molecule has 1 rings (SSSR count). The standard InChI is InChI=1S/C15H24BrN3O3/c1-4-21-13-8-11(9-18-5-6-19(2)3)7-12(16)15(13)22-10-14(17)20/h7-8,18H,4-6,9-10H2,1-3H3,(H2,17,20). The number of rotatable bonds is 10. The van der Waals surface area contributed by atoms with Gasteiger partial charge in [0.05, 0.1) is 11.1 Å². The summed E-state index contributed by atoms with van der Waals surface area (Å²) in [6, 6.07) is 3.86. The number of halogens is 1. The predicted octanol–water partition coefficient (Wildman–Crippen LogP) is 1.36. The van der Waals surface area contributed by atoms with Gasteiger partial charge in [-0.25, -0.2) is 0 Å². The predicted molar refractivity (Wildman–Crippen MR) is 90.3 cm³/mol. The van der Waals surface area contributed by atoms with Gasteiger partial charge >= 0.3 is 0 Å². The third kappa shape index (κ3) is 6.64. The van der Waals surface area contributed by atoms with Crippen LogP contribution in [0.1, 0.15) is 12.5 Å². The van der Waals surface area contributed by atoms with Gasteiger partial charge in [-0.05, 0) is 54.6 Å². The van der Waals surface area contributed by atoms with E-state index >= 15 is 0 Å². The van der Waals surface area contributed by atoms with Crippen molar-refractivity contribution < 1.29 is 14.3 Å². The molecule has 0 aliphatic rings. The molecule has 1 amide bonds. The molecule has 6 nitrogen and oxygen atoms in total. The molecule has 3 N–H and O–H groups in total. The van der Waals surface area contributed by atoms with E-state index in [4.69, 9.17) is 15.2 Å². The second kappa shape index (κ2) is 9.66. The Morgan fingerprint density at radius 3 is 2.68 bits per heavy atom. The van der Waals surface area contributed by atoms with Crippen molar-refractivity contribution in [2.45, 2.75) is 13.5 Å². The highest BCUT2D eigenvalue weighted by molar-refractivity contribution is 9.10. The molecule has 0 aliphatic heterocycles. The number of primary amides is 1. The Balaban J connectivity index is 2.77. The molecule has 0 saturated heterocycles. The molecule has 1 aromatic rings. The van der Waals surface area contributed by atoms with Crippen LogP contribution in [0.2, 0.25) is 0 Å². The third-order valence-corrected chi connectivity index (χ3v) is 3.38. The van der Waals surface area contributed by atoms with E-state index < -0.39 is 5.91 Å².